The molecule has 3 rings (SSSR count). The Labute approximate surface area is 189 Å². The molecule has 0 aliphatic heterocycles. The van der Waals surface area contributed by atoms with Crippen LogP contribution < -0.4 is 5.32 Å². The molecule has 1 heterocycles. The van der Waals surface area contributed by atoms with Gasteiger partial charge in [-0.05, 0) is 37.3 Å². The molecule has 0 saturated carbocycles. The number of thioether (sulfide) groups is 1. The summed E-state index contributed by atoms with van der Waals surface area (Å²) in [4.78, 5) is 16.9. The van der Waals surface area contributed by atoms with Gasteiger partial charge < -0.3 is 9.88 Å². The third-order valence-corrected chi connectivity index (χ3v) is 7.90. The summed E-state index contributed by atoms with van der Waals surface area (Å²) in [6.45, 7) is 6.77. The number of halogens is 2. The second-order valence-electron chi connectivity index (χ2n) is 6.84. The van der Waals surface area contributed by atoms with Gasteiger partial charge in [-0.2, -0.15) is 4.31 Å². The van der Waals surface area contributed by atoms with Crippen molar-refractivity contribution in [3.8, 4) is 0 Å². The Balaban J connectivity index is 1.81. The zero-order valence-corrected chi connectivity index (χ0v) is 19.6. The van der Waals surface area contributed by atoms with E-state index in [1.807, 2.05) is 11.5 Å². The molecule has 0 aliphatic rings. The number of aryl methyl sites for hydroxylation is 1. The van der Waals surface area contributed by atoms with E-state index in [2.05, 4.69) is 10.3 Å². The minimum atomic E-state index is -3.62. The summed E-state index contributed by atoms with van der Waals surface area (Å²) in [6, 6.07) is 7.72. The Kier molecular flexibility index (Phi) is 7.52. The van der Waals surface area contributed by atoms with E-state index in [1.54, 1.807) is 26.0 Å². The zero-order chi connectivity index (χ0) is 23.5. The van der Waals surface area contributed by atoms with Gasteiger partial charge in [0.1, 0.15) is 11.6 Å². The molecular formula is C21H24F2N4O3S2. The first-order valence-electron chi connectivity index (χ1n) is 10.1. The summed E-state index contributed by atoms with van der Waals surface area (Å²) in [6.07, 6.45) is 0. The highest BCUT2D eigenvalue weighted by molar-refractivity contribution is 7.99. The van der Waals surface area contributed by atoms with E-state index in [0.29, 0.717) is 36.4 Å². The van der Waals surface area contributed by atoms with Crippen molar-refractivity contribution in [1.82, 2.24) is 13.9 Å². The van der Waals surface area contributed by atoms with Crippen LogP contribution in [0.1, 0.15) is 20.8 Å². The van der Waals surface area contributed by atoms with Crippen LogP contribution in [0.15, 0.2) is 46.5 Å². The lowest BCUT2D eigenvalue weighted by molar-refractivity contribution is -0.113. The third kappa shape index (κ3) is 4.94. The number of hydrogen-bond donors (Lipinski definition) is 1. The Bertz CT molecular complexity index is 1240. The van der Waals surface area contributed by atoms with Crippen molar-refractivity contribution in [3.63, 3.8) is 0 Å². The Morgan fingerprint density at radius 3 is 2.47 bits per heavy atom. The first kappa shape index (κ1) is 24.1. The van der Waals surface area contributed by atoms with Crippen LogP contribution in [0.25, 0.3) is 11.0 Å². The Morgan fingerprint density at radius 1 is 1.12 bits per heavy atom. The molecule has 0 saturated heterocycles. The number of carbonyl (C=O) groups is 1. The number of hydrogen-bond acceptors (Lipinski definition) is 5. The molecule has 0 atom stereocenters. The van der Waals surface area contributed by atoms with E-state index in [9.17, 15) is 22.0 Å². The van der Waals surface area contributed by atoms with Gasteiger partial charge >= 0.3 is 0 Å². The van der Waals surface area contributed by atoms with Gasteiger partial charge in [0.05, 0.1) is 27.4 Å². The average Bonchev–Trinajstić information content (AvgIpc) is 3.11. The first-order chi connectivity index (χ1) is 15.2. The quantitative estimate of drug-likeness (QED) is 0.465. The number of nitrogens with one attached hydrogen (secondary N) is 1. The summed E-state index contributed by atoms with van der Waals surface area (Å²) in [5, 5.41) is 2.95. The van der Waals surface area contributed by atoms with E-state index < -0.39 is 27.6 Å². The Hall–Kier alpha value is -2.50. The van der Waals surface area contributed by atoms with Crippen LogP contribution in [-0.2, 0) is 21.4 Å². The van der Waals surface area contributed by atoms with Crippen molar-refractivity contribution >= 4 is 44.4 Å². The van der Waals surface area contributed by atoms with E-state index in [-0.39, 0.29) is 16.3 Å². The maximum absolute atomic E-state index is 13.7. The number of imidazole rings is 1. The maximum atomic E-state index is 13.7. The van der Waals surface area contributed by atoms with Crippen LogP contribution in [-0.4, -0.2) is 47.0 Å². The number of anilines is 1. The lowest BCUT2D eigenvalue weighted by atomic mass is 10.3. The van der Waals surface area contributed by atoms with Gasteiger partial charge in [0.2, 0.25) is 15.9 Å². The predicted molar refractivity (Wildman–Crippen MR) is 121 cm³/mol. The smallest absolute Gasteiger partial charge is 0.243 e. The number of fused-ring (bicyclic) bond motifs is 1. The normalized spacial score (nSPS) is 11.9. The van der Waals surface area contributed by atoms with Gasteiger partial charge in [-0.15, -0.1) is 0 Å². The van der Waals surface area contributed by atoms with E-state index in [1.165, 1.54) is 10.4 Å². The lowest BCUT2D eigenvalue weighted by Gasteiger charge is -2.18. The van der Waals surface area contributed by atoms with Gasteiger partial charge in [-0.1, -0.05) is 25.6 Å². The van der Waals surface area contributed by atoms with Crippen molar-refractivity contribution in [2.45, 2.75) is 37.4 Å². The molecule has 0 spiro atoms. The van der Waals surface area contributed by atoms with Crippen molar-refractivity contribution in [3.05, 3.63) is 48.0 Å². The second-order valence-corrected chi connectivity index (χ2v) is 9.72. The van der Waals surface area contributed by atoms with Crippen LogP contribution in [0, 0.1) is 11.6 Å². The fourth-order valence-electron chi connectivity index (χ4n) is 3.28. The minimum Gasteiger partial charge on any atom is -0.323 e. The summed E-state index contributed by atoms with van der Waals surface area (Å²) < 4.78 is 55.6. The number of benzene rings is 2. The van der Waals surface area contributed by atoms with Gasteiger partial charge in [0.25, 0.3) is 0 Å². The molecule has 32 heavy (non-hydrogen) atoms. The van der Waals surface area contributed by atoms with Gasteiger partial charge in [0, 0.05) is 25.7 Å². The number of amides is 1. The van der Waals surface area contributed by atoms with Crippen LogP contribution in [0.2, 0.25) is 0 Å². The SMILES string of the molecule is CCN(CC)S(=O)(=O)c1ccc2c(c1)nc(SCC(=O)Nc1ccc(F)cc1F)n2CC. The third-order valence-electron chi connectivity index (χ3n) is 4.88. The fraction of sp³-hybridized carbons (Fsp3) is 0.333. The summed E-state index contributed by atoms with van der Waals surface area (Å²) in [5.41, 5.74) is 1.15. The molecule has 0 aliphatic carbocycles. The summed E-state index contributed by atoms with van der Waals surface area (Å²) in [5.74, 6) is -2.11. The highest BCUT2D eigenvalue weighted by atomic mass is 32.2. The molecule has 0 fully saturated rings. The van der Waals surface area contributed by atoms with Crippen LogP contribution in [0.5, 0.6) is 0 Å². The molecule has 1 N–H and O–H groups in total. The zero-order valence-electron chi connectivity index (χ0n) is 17.9. The standard InChI is InChI=1S/C21H24F2N4O3S2/c1-4-26(5-2)32(29,30)15-8-10-19-18(12-15)25-21(27(19)6-3)31-13-20(28)24-17-9-7-14(22)11-16(17)23/h7-12H,4-6,13H2,1-3H3,(H,24,28). The highest BCUT2D eigenvalue weighted by Gasteiger charge is 2.23. The summed E-state index contributed by atoms with van der Waals surface area (Å²) in [7, 11) is -3.62. The van der Waals surface area contributed by atoms with Gasteiger partial charge in [0.15, 0.2) is 5.16 Å². The maximum Gasteiger partial charge on any atom is 0.243 e. The molecule has 2 aromatic carbocycles. The topological polar surface area (TPSA) is 84.3 Å². The van der Waals surface area contributed by atoms with Crippen LogP contribution >= 0.6 is 11.8 Å². The number of aromatic nitrogens is 2. The van der Waals surface area contributed by atoms with E-state index >= 15 is 0 Å². The molecule has 0 bridgehead atoms. The summed E-state index contributed by atoms with van der Waals surface area (Å²) >= 11 is 1.15. The molecule has 7 nitrogen and oxygen atoms in total. The van der Waals surface area contributed by atoms with E-state index in [4.69, 9.17) is 0 Å². The van der Waals surface area contributed by atoms with Crippen molar-refractivity contribution in [1.29, 1.82) is 0 Å². The van der Waals surface area contributed by atoms with Gasteiger partial charge in [-0.3, -0.25) is 4.79 Å². The molecule has 1 amide bonds. The molecule has 1 aromatic heterocycles. The number of sulfonamides is 1. The minimum absolute atomic E-state index is 0.0509. The Morgan fingerprint density at radius 2 is 1.84 bits per heavy atom. The second kappa shape index (κ2) is 9.97. The van der Waals surface area contributed by atoms with Crippen molar-refractivity contribution in [2.24, 2.45) is 0 Å². The van der Waals surface area contributed by atoms with Crippen LogP contribution in [0.4, 0.5) is 14.5 Å². The predicted octanol–water partition coefficient (Wildman–Crippen LogP) is 4.10. The molecule has 172 valence electrons. The number of rotatable bonds is 9. The van der Waals surface area contributed by atoms with Crippen molar-refractivity contribution in [2.75, 3.05) is 24.2 Å². The molecule has 11 heteroatoms. The largest absolute Gasteiger partial charge is 0.323 e. The first-order valence-corrected chi connectivity index (χ1v) is 12.5. The highest BCUT2D eigenvalue weighted by Crippen LogP contribution is 2.27. The lowest BCUT2D eigenvalue weighted by Crippen LogP contribution is -2.30. The van der Waals surface area contributed by atoms with Crippen LogP contribution in [0.3, 0.4) is 0 Å². The van der Waals surface area contributed by atoms with E-state index in [0.717, 1.165) is 29.4 Å². The van der Waals surface area contributed by atoms with Gasteiger partial charge in [-0.25, -0.2) is 22.2 Å². The fourth-order valence-corrected chi connectivity index (χ4v) is 5.64. The molecular weight excluding hydrogens is 458 g/mol. The molecule has 0 radical (unpaired) electrons. The van der Waals surface area contributed by atoms with Crippen molar-refractivity contribution < 1.29 is 22.0 Å². The monoisotopic (exact) mass is 482 g/mol. The number of nitrogens with zero attached hydrogens (tertiary/aromatic N) is 3. The molecule has 3 aromatic rings. The average molecular weight is 483 g/mol. The number of carbonyl (C=O) groups excluding carboxylic acids is 1. The molecule has 0 unspecified atom stereocenters.